The molecule has 7 heteroatoms. The number of rotatable bonds is 5. The molecule has 0 spiro atoms. The number of H-pyrrole nitrogens is 1. The first-order valence-electron chi connectivity index (χ1n) is 8.96. The average molecular weight is 363 g/mol. The van der Waals surface area contributed by atoms with E-state index in [1.54, 1.807) is 31.4 Å². The molecule has 1 saturated heterocycles. The zero-order valence-electron chi connectivity index (χ0n) is 15.1. The molecule has 1 aliphatic rings. The van der Waals surface area contributed by atoms with E-state index >= 15 is 0 Å². The Bertz CT molecular complexity index is 961. The highest BCUT2D eigenvalue weighted by Crippen LogP contribution is 2.23. The van der Waals surface area contributed by atoms with Crippen molar-refractivity contribution in [3.63, 3.8) is 0 Å². The molecule has 2 aromatic carbocycles. The summed E-state index contributed by atoms with van der Waals surface area (Å²) in [6, 6.07) is 15.2. The number of aromatic amines is 1. The van der Waals surface area contributed by atoms with Gasteiger partial charge in [0.25, 0.3) is 5.56 Å². The van der Waals surface area contributed by atoms with Gasteiger partial charge in [0.2, 0.25) is 5.95 Å². The summed E-state index contributed by atoms with van der Waals surface area (Å²) in [5.74, 6) is 1.03. The maximum absolute atomic E-state index is 12.4. The predicted molar refractivity (Wildman–Crippen MR) is 106 cm³/mol. The first-order valence-corrected chi connectivity index (χ1v) is 8.96. The minimum absolute atomic E-state index is 0.271. The number of nitrogens with zero attached hydrogens (tertiary/aromatic N) is 3. The lowest BCUT2D eigenvalue weighted by molar-refractivity contribution is 0.415. The van der Waals surface area contributed by atoms with Crippen LogP contribution in [0.25, 0.3) is 11.3 Å². The summed E-state index contributed by atoms with van der Waals surface area (Å²) in [6.45, 7) is 2.22. The number of anilines is 3. The Morgan fingerprint density at radius 1 is 1.00 bits per heavy atom. The highest BCUT2D eigenvalue weighted by atomic mass is 16.5. The predicted octanol–water partition coefficient (Wildman–Crippen LogP) is 3.18. The lowest BCUT2D eigenvalue weighted by Gasteiger charge is -2.17. The number of nitrogens with one attached hydrogen (secondary N) is 2. The van der Waals surface area contributed by atoms with Gasteiger partial charge in [-0.2, -0.15) is 0 Å². The Morgan fingerprint density at radius 2 is 1.70 bits per heavy atom. The van der Waals surface area contributed by atoms with Gasteiger partial charge in [0.05, 0.1) is 7.11 Å². The zero-order valence-corrected chi connectivity index (χ0v) is 15.1. The largest absolute Gasteiger partial charge is 0.497 e. The molecule has 0 amide bonds. The van der Waals surface area contributed by atoms with Crippen LogP contribution in [0, 0.1) is 0 Å². The first kappa shape index (κ1) is 17.1. The lowest BCUT2D eigenvalue weighted by atomic mass is 10.1. The fourth-order valence-electron chi connectivity index (χ4n) is 3.20. The Balaban J connectivity index is 1.49. The van der Waals surface area contributed by atoms with Crippen molar-refractivity contribution >= 4 is 17.3 Å². The second-order valence-corrected chi connectivity index (χ2v) is 6.45. The molecule has 138 valence electrons. The van der Waals surface area contributed by atoms with E-state index in [0.717, 1.165) is 24.5 Å². The summed E-state index contributed by atoms with van der Waals surface area (Å²) in [4.78, 5) is 17.5. The molecule has 3 aromatic rings. The van der Waals surface area contributed by atoms with Gasteiger partial charge in [-0.15, -0.1) is 10.2 Å². The van der Waals surface area contributed by atoms with Gasteiger partial charge in [0.1, 0.15) is 5.75 Å². The van der Waals surface area contributed by atoms with Crippen LogP contribution >= 0.6 is 0 Å². The average Bonchev–Trinajstić information content (AvgIpc) is 3.24. The highest BCUT2D eigenvalue weighted by molar-refractivity contribution is 5.61. The van der Waals surface area contributed by atoms with Crippen LogP contribution in [0.4, 0.5) is 17.3 Å². The summed E-state index contributed by atoms with van der Waals surface area (Å²) in [6.07, 6.45) is 2.49. The van der Waals surface area contributed by atoms with Crippen molar-refractivity contribution < 1.29 is 4.74 Å². The minimum Gasteiger partial charge on any atom is -0.497 e. The number of hydrogen-bond donors (Lipinski definition) is 2. The molecule has 0 saturated carbocycles. The number of aromatic nitrogens is 3. The van der Waals surface area contributed by atoms with Crippen LogP contribution in [-0.4, -0.2) is 35.4 Å². The highest BCUT2D eigenvalue weighted by Gasteiger charge is 2.12. The molecular formula is C20H21N5O2. The van der Waals surface area contributed by atoms with Crippen molar-refractivity contribution in [1.82, 2.24) is 15.2 Å². The Kier molecular flexibility index (Phi) is 4.74. The van der Waals surface area contributed by atoms with Gasteiger partial charge in [0, 0.05) is 30.0 Å². The summed E-state index contributed by atoms with van der Waals surface area (Å²) >= 11 is 0. The van der Waals surface area contributed by atoms with E-state index in [9.17, 15) is 4.79 Å². The van der Waals surface area contributed by atoms with Crippen molar-refractivity contribution in [3.8, 4) is 17.0 Å². The van der Waals surface area contributed by atoms with Crippen LogP contribution in [0.5, 0.6) is 5.75 Å². The third-order valence-corrected chi connectivity index (χ3v) is 4.66. The van der Waals surface area contributed by atoms with Gasteiger partial charge in [0.15, 0.2) is 5.69 Å². The summed E-state index contributed by atoms with van der Waals surface area (Å²) < 4.78 is 5.13. The van der Waals surface area contributed by atoms with Crippen molar-refractivity contribution in [1.29, 1.82) is 0 Å². The number of methoxy groups -OCH3 is 1. The molecule has 0 atom stereocenters. The van der Waals surface area contributed by atoms with Gasteiger partial charge < -0.3 is 15.0 Å². The molecule has 4 rings (SSSR count). The van der Waals surface area contributed by atoms with Gasteiger partial charge >= 0.3 is 0 Å². The summed E-state index contributed by atoms with van der Waals surface area (Å²) in [7, 11) is 1.60. The number of ether oxygens (including phenoxy) is 1. The van der Waals surface area contributed by atoms with Crippen molar-refractivity contribution in [3.05, 3.63) is 58.9 Å². The van der Waals surface area contributed by atoms with E-state index in [0.29, 0.717) is 11.5 Å². The van der Waals surface area contributed by atoms with Crippen LogP contribution in [-0.2, 0) is 0 Å². The van der Waals surface area contributed by atoms with E-state index in [2.05, 4.69) is 37.5 Å². The van der Waals surface area contributed by atoms with Crippen LogP contribution in [0.2, 0.25) is 0 Å². The van der Waals surface area contributed by atoms with Crippen LogP contribution in [0.3, 0.4) is 0 Å². The van der Waals surface area contributed by atoms with E-state index in [-0.39, 0.29) is 11.3 Å². The molecule has 0 unspecified atom stereocenters. The lowest BCUT2D eigenvalue weighted by Crippen LogP contribution is -2.17. The molecule has 0 bridgehead atoms. The second-order valence-electron chi connectivity index (χ2n) is 6.45. The molecule has 0 radical (unpaired) electrons. The topological polar surface area (TPSA) is 83.1 Å². The van der Waals surface area contributed by atoms with Crippen molar-refractivity contribution in [2.75, 3.05) is 30.4 Å². The molecule has 1 fully saturated rings. The fourth-order valence-corrected chi connectivity index (χ4v) is 3.20. The SMILES string of the molecule is COc1ccc(-c2nnc(Nc3ccc(N4CCCC4)cc3)[nH]c2=O)cc1. The summed E-state index contributed by atoms with van der Waals surface area (Å²) in [5.41, 5.74) is 2.72. The van der Waals surface area contributed by atoms with E-state index in [4.69, 9.17) is 4.74 Å². The molecular weight excluding hydrogens is 342 g/mol. The molecule has 0 aliphatic carbocycles. The third-order valence-electron chi connectivity index (χ3n) is 4.66. The molecule has 1 aromatic heterocycles. The van der Waals surface area contributed by atoms with Crippen molar-refractivity contribution in [2.45, 2.75) is 12.8 Å². The van der Waals surface area contributed by atoms with Crippen LogP contribution < -0.4 is 20.5 Å². The third kappa shape index (κ3) is 3.76. The first-order chi connectivity index (χ1) is 13.2. The minimum atomic E-state index is -0.300. The standard InChI is InChI=1S/C20H21N5O2/c1-27-17-10-4-14(5-11-17)18-19(26)22-20(24-23-18)21-15-6-8-16(9-7-15)25-12-2-3-13-25/h4-11H,2-3,12-13H2,1H3,(H2,21,22,24,26). The monoisotopic (exact) mass is 363 g/mol. The molecule has 27 heavy (non-hydrogen) atoms. The van der Waals surface area contributed by atoms with Crippen LogP contribution in [0.1, 0.15) is 12.8 Å². The van der Waals surface area contributed by atoms with Gasteiger partial charge in [-0.25, -0.2) is 0 Å². The maximum atomic E-state index is 12.4. The van der Waals surface area contributed by atoms with Gasteiger partial charge in [-0.3, -0.25) is 9.78 Å². The van der Waals surface area contributed by atoms with E-state index < -0.39 is 0 Å². The second kappa shape index (κ2) is 7.49. The van der Waals surface area contributed by atoms with Gasteiger partial charge in [-0.05, 0) is 61.4 Å². The smallest absolute Gasteiger partial charge is 0.279 e. The van der Waals surface area contributed by atoms with Gasteiger partial charge in [-0.1, -0.05) is 0 Å². The fraction of sp³-hybridized carbons (Fsp3) is 0.250. The Hall–Kier alpha value is -3.35. The molecule has 2 N–H and O–H groups in total. The Labute approximate surface area is 157 Å². The maximum Gasteiger partial charge on any atom is 0.279 e. The normalized spacial score (nSPS) is 13.6. The summed E-state index contributed by atoms with van der Waals surface area (Å²) in [5, 5.41) is 11.3. The van der Waals surface area contributed by atoms with E-state index in [1.165, 1.54) is 18.5 Å². The van der Waals surface area contributed by atoms with Crippen molar-refractivity contribution in [2.24, 2.45) is 0 Å². The molecule has 2 heterocycles. The van der Waals surface area contributed by atoms with Crippen LogP contribution in [0.15, 0.2) is 53.3 Å². The quantitative estimate of drug-likeness (QED) is 0.724. The van der Waals surface area contributed by atoms with E-state index in [1.807, 2.05) is 12.1 Å². The molecule has 7 nitrogen and oxygen atoms in total. The zero-order chi connectivity index (χ0) is 18.6. The number of hydrogen-bond acceptors (Lipinski definition) is 6. The number of benzene rings is 2. The molecule has 1 aliphatic heterocycles. The Morgan fingerprint density at radius 3 is 2.33 bits per heavy atom.